The van der Waals surface area contributed by atoms with Crippen molar-refractivity contribution in [3.63, 3.8) is 0 Å². The Labute approximate surface area is 267 Å². The average molecular weight is 649 g/mol. The van der Waals surface area contributed by atoms with Gasteiger partial charge < -0.3 is 14.0 Å². The summed E-state index contributed by atoms with van der Waals surface area (Å²) >= 11 is 1.44. The minimum atomic E-state index is -4.38. The van der Waals surface area contributed by atoms with Crippen LogP contribution in [-0.4, -0.2) is 43.3 Å². The second kappa shape index (κ2) is 13.2. The maximum absolute atomic E-state index is 13.5. The molecule has 12 heteroatoms. The van der Waals surface area contributed by atoms with E-state index in [1.54, 1.807) is 12.1 Å². The first-order chi connectivity index (χ1) is 22.0. The van der Waals surface area contributed by atoms with Crippen molar-refractivity contribution >= 4 is 11.8 Å². The average Bonchev–Trinajstić information content (AvgIpc) is 3.66. The molecule has 0 bridgehead atoms. The van der Waals surface area contributed by atoms with Crippen molar-refractivity contribution < 1.29 is 17.6 Å². The van der Waals surface area contributed by atoms with Crippen LogP contribution in [0.25, 0.3) is 11.1 Å². The molecule has 0 amide bonds. The molecule has 5 aromatic rings. The predicted octanol–water partition coefficient (Wildman–Crippen LogP) is 6.60. The van der Waals surface area contributed by atoms with Crippen molar-refractivity contribution in [3.8, 4) is 11.1 Å². The van der Waals surface area contributed by atoms with Gasteiger partial charge in [0.15, 0.2) is 11.0 Å². The highest BCUT2D eigenvalue weighted by Crippen LogP contribution is 2.31. The minimum absolute atomic E-state index is 0.201. The van der Waals surface area contributed by atoms with Crippen molar-refractivity contribution in [2.75, 3.05) is 14.1 Å². The monoisotopic (exact) mass is 648 g/mol. The van der Waals surface area contributed by atoms with Gasteiger partial charge in [-0.25, -0.2) is 4.39 Å². The summed E-state index contributed by atoms with van der Waals surface area (Å²) in [5.41, 5.74) is 4.23. The van der Waals surface area contributed by atoms with E-state index < -0.39 is 11.7 Å². The molecule has 0 radical (unpaired) electrons. The van der Waals surface area contributed by atoms with Gasteiger partial charge in [0.1, 0.15) is 11.6 Å². The van der Waals surface area contributed by atoms with E-state index in [0.29, 0.717) is 48.4 Å². The zero-order chi connectivity index (χ0) is 32.4. The Kier molecular flexibility index (Phi) is 9.10. The first kappa shape index (κ1) is 31.7. The fourth-order valence-corrected chi connectivity index (χ4v) is 6.60. The number of alkyl halides is 3. The molecule has 0 fully saturated rings. The van der Waals surface area contributed by atoms with Gasteiger partial charge in [-0.1, -0.05) is 60.3 Å². The first-order valence-corrected chi connectivity index (χ1v) is 15.9. The Hall–Kier alpha value is -4.29. The molecule has 0 unspecified atom stereocenters. The SMILES string of the molecule is CN(C)Cc1nnc(Cn2c(SCc3ccc(F)cc3)nc(=O)c3c2CCC3)n1Cc1ccc(-c2ccc(C(F)(F)F)cc2)cc1. The van der Waals surface area contributed by atoms with Crippen LogP contribution >= 0.6 is 11.8 Å². The number of thioether (sulfide) groups is 1. The molecule has 238 valence electrons. The van der Waals surface area contributed by atoms with Gasteiger partial charge in [-0.15, -0.1) is 10.2 Å². The van der Waals surface area contributed by atoms with E-state index in [1.807, 2.05) is 43.3 Å². The molecule has 0 aliphatic heterocycles. The van der Waals surface area contributed by atoms with Gasteiger partial charge in [-0.3, -0.25) is 4.79 Å². The summed E-state index contributed by atoms with van der Waals surface area (Å²) < 4.78 is 56.7. The molecule has 2 aromatic heterocycles. The lowest BCUT2D eigenvalue weighted by Gasteiger charge is -2.18. The molecule has 0 saturated carbocycles. The number of halogens is 4. The number of benzene rings is 3. The van der Waals surface area contributed by atoms with Crippen molar-refractivity contribution in [2.24, 2.45) is 0 Å². The lowest BCUT2D eigenvalue weighted by atomic mass is 10.0. The Bertz CT molecular complexity index is 1880. The van der Waals surface area contributed by atoms with Crippen molar-refractivity contribution in [2.45, 2.75) is 56.0 Å². The van der Waals surface area contributed by atoms with E-state index in [9.17, 15) is 22.4 Å². The number of hydrogen-bond acceptors (Lipinski definition) is 6. The summed E-state index contributed by atoms with van der Waals surface area (Å²) in [6.07, 6.45) is -2.05. The highest BCUT2D eigenvalue weighted by atomic mass is 32.2. The van der Waals surface area contributed by atoms with Gasteiger partial charge in [0.05, 0.1) is 25.2 Å². The topological polar surface area (TPSA) is 68.8 Å². The maximum atomic E-state index is 13.5. The van der Waals surface area contributed by atoms with E-state index in [0.717, 1.165) is 58.7 Å². The molecule has 1 aliphatic carbocycles. The second-order valence-electron chi connectivity index (χ2n) is 11.6. The van der Waals surface area contributed by atoms with Crippen LogP contribution in [0.15, 0.2) is 82.7 Å². The molecule has 0 saturated heterocycles. The van der Waals surface area contributed by atoms with Crippen LogP contribution < -0.4 is 5.56 Å². The minimum Gasteiger partial charge on any atom is -0.316 e. The van der Waals surface area contributed by atoms with Crippen LogP contribution in [0.5, 0.6) is 0 Å². The lowest BCUT2D eigenvalue weighted by Crippen LogP contribution is -2.24. The summed E-state index contributed by atoms with van der Waals surface area (Å²) in [7, 11) is 3.92. The zero-order valence-corrected chi connectivity index (χ0v) is 26.2. The number of aromatic nitrogens is 5. The molecular weight excluding hydrogens is 616 g/mol. The molecule has 0 atom stereocenters. The molecule has 7 nitrogen and oxygen atoms in total. The predicted molar refractivity (Wildman–Crippen MR) is 169 cm³/mol. The summed E-state index contributed by atoms with van der Waals surface area (Å²) in [5.74, 6) is 1.71. The quantitative estimate of drug-likeness (QED) is 0.0967. The molecule has 6 rings (SSSR count). The van der Waals surface area contributed by atoms with Crippen LogP contribution in [0.3, 0.4) is 0 Å². The van der Waals surface area contributed by atoms with Crippen molar-refractivity contribution in [1.29, 1.82) is 0 Å². The highest BCUT2D eigenvalue weighted by Gasteiger charge is 2.30. The zero-order valence-electron chi connectivity index (χ0n) is 25.4. The lowest BCUT2D eigenvalue weighted by molar-refractivity contribution is -0.137. The second-order valence-corrected chi connectivity index (χ2v) is 12.6. The van der Waals surface area contributed by atoms with E-state index in [4.69, 9.17) is 0 Å². The summed E-state index contributed by atoms with van der Waals surface area (Å²) in [6, 6.07) is 19.2. The largest absolute Gasteiger partial charge is 0.416 e. The van der Waals surface area contributed by atoms with E-state index in [1.165, 1.54) is 36.0 Å². The Morgan fingerprint density at radius 1 is 0.804 bits per heavy atom. The van der Waals surface area contributed by atoms with Gasteiger partial charge in [-0.05, 0) is 79.9 Å². The first-order valence-electron chi connectivity index (χ1n) is 14.9. The van der Waals surface area contributed by atoms with E-state index in [-0.39, 0.29) is 11.4 Å². The van der Waals surface area contributed by atoms with E-state index in [2.05, 4.69) is 24.3 Å². The normalized spacial score (nSPS) is 13.0. The fraction of sp³-hybridized carbons (Fsp3) is 0.294. The number of fused-ring (bicyclic) bond motifs is 1. The molecule has 46 heavy (non-hydrogen) atoms. The molecule has 1 aliphatic rings. The third-order valence-electron chi connectivity index (χ3n) is 7.98. The summed E-state index contributed by atoms with van der Waals surface area (Å²) in [6.45, 7) is 1.40. The van der Waals surface area contributed by atoms with Gasteiger partial charge in [0.2, 0.25) is 0 Å². The molecule has 3 aromatic carbocycles. The molecule has 0 N–H and O–H groups in total. The molecule has 2 heterocycles. The summed E-state index contributed by atoms with van der Waals surface area (Å²) in [4.78, 5) is 19.4. The molecule has 0 spiro atoms. The third kappa shape index (κ3) is 7.07. The number of hydrogen-bond donors (Lipinski definition) is 0. The number of nitrogens with zero attached hydrogens (tertiary/aromatic N) is 6. The fourth-order valence-electron chi connectivity index (χ4n) is 5.64. The third-order valence-corrected chi connectivity index (χ3v) is 9.03. The van der Waals surface area contributed by atoms with Crippen LogP contribution in [0, 0.1) is 5.82 Å². The number of rotatable bonds is 10. The van der Waals surface area contributed by atoms with Gasteiger partial charge in [-0.2, -0.15) is 18.2 Å². The highest BCUT2D eigenvalue weighted by molar-refractivity contribution is 7.98. The van der Waals surface area contributed by atoms with Gasteiger partial charge in [0, 0.05) is 17.0 Å². The van der Waals surface area contributed by atoms with Gasteiger partial charge >= 0.3 is 6.18 Å². The Balaban J connectivity index is 1.29. The smallest absolute Gasteiger partial charge is 0.316 e. The summed E-state index contributed by atoms with van der Waals surface area (Å²) in [5, 5.41) is 9.70. The standard InChI is InChI=1S/C34H32F4N6OS/c1-42(2)19-30-40-41-31(44(30)18-22-6-10-24(11-7-22)25-12-14-26(15-13-25)34(36,37)38)20-43-29-5-3-4-28(29)32(45)39-33(43)46-21-23-8-16-27(35)17-9-23/h6-17H,3-5,18-21H2,1-2H3. The Morgan fingerprint density at radius 2 is 1.43 bits per heavy atom. The Morgan fingerprint density at radius 3 is 2.09 bits per heavy atom. The van der Waals surface area contributed by atoms with E-state index >= 15 is 0 Å². The molecular formula is C34H32F4N6OS. The van der Waals surface area contributed by atoms with Gasteiger partial charge in [0.25, 0.3) is 5.56 Å². The van der Waals surface area contributed by atoms with Crippen LogP contribution in [0.1, 0.15) is 46.0 Å². The van der Waals surface area contributed by atoms with Crippen molar-refractivity contribution in [1.82, 2.24) is 29.2 Å². The van der Waals surface area contributed by atoms with Crippen molar-refractivity contribution in [3.05, 3.63) is 129 Å². The van der Waals surface area contributed by atoms with Crippen LogP contribution in [0.4, 0.5) is 17.6 Å². The van der Waals surface area contributed by atoms with Crippen LogP contribution in [-0.2, 0) is 44.4 Å². The maximum Gasteiger partial charge on any atom is 0.416 e. The van der Waals surface area contributed by atoms with Crippen LogP contribution in [0.2, 0.25) is 0 Å².